The first kappa shape index (κ1) is 22.2. The van der Waals surface area contributed by atoms with E-state index in [1.165, 1.54) is 54.7 Å². The maximum Gasteiger partial charge on any atom is 0.271 e. The zero-order valence-corrected chi connectivity index (χ0v) is 17.6. The first-order valence-corrected chi connectivity index (χ1v) is 10.1. The van der Waals surface area contributed by atoms with Crippen molar-refractivity contribution in [3.8, 4) is 5.75 Å². The third-order valence-electron chi connectivity index (χ3n) is 5.03. The number of nitro benzene ring substituents is 1. The lowest BCUT2D eigenvalue weighted by Gasteiger charge is -2.07. The standard InChI is InChI=1S/C25H18N4O5/c30-23-13-10-16-4-1-2-7-21(16)22(23)15-26-28-25(32)17-8-11-19(12-9-17)27-24(31)18-5-3-6-20(14-18)29(33)34/h1-15,30H,(H,27,31)(H,28,32)/b26-15+. The molecule has 2 amide bonds. The third-order valence-corrected chi connectivity index (χ3v) is 5.03. The van der Waals surface area contributed by atoms with Gasteiger partial charge in [-0.15, -0.1) is 0 Å². The molecule has 0 unspecified atom stereocenters. The van der Waals surface area contributed by atoms with E-state index in [0.29, 0.717) is 16.8 Å². The molecule has 0 saturated heterocycles. The van der Waals surface area contributed by atoms with Crippen molar-refractivity contribution in [3.63, 3.8) is 0 Å². The molecule has 3 N–H and O–H groups in total. The molecular weight excluding hydrogens is 436 g/mol. The number of non-ortho nitro benzene ring substituents is 1. The van der Waals surface area contributed by atoms with Gasteiger partial charge in [-0.05, 0) is 47.2 Å². The number of phenols is 1. The molecule has 0 fully saturated rings. The highest BCUT2D eigenvalue weighted by molar-refractivity contribution is 6.05. The van der Waals surface area contributed by atoms with E-state index >= 15 is 0 Å². The molecule has 0 atom stereocenters. The fourth-order valence-corrected chi connectivity index (χ4v) is 3.31. The molecule has 0 aliphatic rings. The number of fused-ring (bicyclic) bond motifs is 1. The van der Waals surface area contributed by atoms with Gasteiger partial charge in [0.2, 0.25) is 0 Å². The molecule has 4 aromatic rings. The second-order valence-corrected chi connectivity index (χ2v) is 7.26. The predicted octanol–water partition coefficient (Wildman–Crippen LogP) is 4.47. The molecule has 4 aromatic carbocycles. The Morgan fingerprint density at radius 3 is 2.41 bits per heavy atom. The van der Waals surface area contributed by atoms with E-state index in [-0.39, 0.29) is 17.0 Å². The molecule has 0 bridgehead atoms. The van der Waals surface area contributed by atoms with Crippen LogP contribution in [-0.4, -0.2) is 28.1 Å². The Morgan fingerprint density at radius 1 is 0.882 bits per heavy atom. The van der Waals surface area contributed by atoms with E-state index in [2.05, 4.69) is 15.8 Å². The van der Waals surface area contributed by atoms with Crippen molar-refractivity contribution in [2.75, 3.05) is 5.32 Å². The molecule has 0 aliphatic carbocycles. The smallest absolute Gasteiger partial charge is 0.271 e. The minimum Gasteiger partial charge on any atom is -0.507 e. The third kappa shape index (κ3) is 4.89. The molecule has 0 aliphatic heterocycles. The van der Waals surface area contributed by atoms with E-state index in [0.717, 1.165) is 10.8 Å². The molecule has 34 heavy (non-hydrogen) atoms. The van der Waals surface area contributed by atoms with E-state index in [1.54, 1.807) is 12.1 Å². The minimum absolute atomic E-state index is 0.0422. The summed E-state index contributed by atoms with van der Waals surface area (Å²) < 4.78 is 0. The van der Waals surface area contributed by atoms with Crippen LogP contribution in [-0.2, 0) is 0 Å². The van der Waals surface area contributed by atoms with Crippen LogP contribution in [0.2, 0.25) is 0 Å². The number of anilines is 1. The number of hydrazone groups is 1. The van der Waals surface area contributed by atoms with Crippen LogP contribution in [0.4, 0.5) is 11.4 Å². The Morgan fingerprint density at radius 2 is 1.65 bits per heavy atom. The van der Waals surface area contributed by atoms with Crippen molar-refractivity contribution in [1.29, 1.82) is 0 Å². The summed E-state index contributed by atoms with van der Waals surface area (Å²) >= 11 is 0. The normalized spacial score (nSPS) is 10.8. The molecule has 0 heterocycles. The monoisotopic (exact) mass is 454 g/mol. The van der Waals surface area contributed by atoms with Gasteiger partial charge in [-0.3, -0.25) is 19.7 Å². The summed E-state index contributed by atoms with van der Waals surface area (Å²) in [5.41, 5.74) is 3.56. The van der Waals surface area contributed by atoms with Gasteiger partial charge in [0.1, 0.15) is 5.75 Å². The lowest BCUT2D eigenvalue weighted by Crippen LogP contribution is -2.18. The number of rotatable bonds is 6. The molecule has 0 saturated carbocycles. The molecule has 0 spiro atoms. The number of hydrogen-bond donors (Lipinski definition) is 3. The zero-order chi connectivity index (χ0) is 24.1. The van der Waals surface area contributed by atoms with Crippen molar-refractivity contribution in [3.05, 3.63) is 112 Å². The van der Waals surface area contributed by atoms with Gasteiger partial charge in [-0.25, -0.2) is 5.43 Å². The van der Waals surface area contributed by atoms with E-state index in [4.69, 9.17) is 0 Å². The number of nitro groups is 1. The molecule has 4 rings (SSSR count). The molecule has 9 nitrogen and oxygen atoms in total. The van der Waals surface area contributed by atoms with Crippen LogP contribution in [0.5, 0.6) is 5.75 Å². The van der Waals surface area contributed by atoms with Crippen molar-refractivity contribution in [2.24, 2.45) is 5.10 Å². The quantitative estimate of drug-likeness (QED) is 0.224. The van der Waals surface area contributed by atoms with Gasteiger partial charge in [0.05, 0.1) is 11.1 Å². The fraction of sp³-hybridized carbons (Fsp3) is 0. The number of carbonyl (C=O) groups excluding carboxylic acids is 2. The molecule has 168 valence electrons. The van der Waals surface area contributed by atoms with Crippen molar-refractivity contribution in [2.45, 2.75) is 0 Å². The number of hydrogen-bond acceptors (Lipinski definition) is 6. The summed E-state index contributed by atoms with van der Waals surface area (Å²) in [4.78, 5) is 35.1. The first-order valence-electron chi connectivity index (χ1n) is 10.1. The largest absolute Gasteiger partial charge is 0.507 e. The minimum atomic E-state index is -0.575. The predicted molar refractivity (Wildman–Crippen MR) is 128 cm³/mol. The average Bonchev–Trinajstić information content (AvgIpc) is 2.85. The van der Waals surface area contributed by atoms with Gasteiger partial charge in [0.15, 0.2) is 0 Å². The summed E-state index contributed by atoms with van der Waals surface area (Å²) in [6.45, 7) is 0. The van der Waals surface area contributed by atoms with Gasteiger partial charge in [0.25, 0.3) is 17.5 Å². The Hall–Kier alpha value is -5.05. The number of amides is 2. The van der Waals surface area contributed by atoms with E-state index < -0.39 is 16.7 Å². The highest BCUT2D eigenvalue weighted by Crippen LogP contribution is 2.25. The Bertz CT molecular complexity index is 1430. The summed E-state index contributed by atoms with van der Waals surface area (Å²) in [7, 11) is 0. The van der Waals surface area contributed by atoms with Gasteiger partial charge in [0, 0.05) is 34.5 Å². The maximum atomic E-state index is 12.4. The van der Waals surface area contributed by atoms with E-state index in [9.17, 15) is 24.8 Å². The highest BCUT2D eigenvalue weighted by Gasteiger charge is 2.12. The number of carbonyl (C=O) groups is 2. The fourth-order valence-electron chi connectivity index (χ4n) is 3.31. The lowest BCUT2D eigenvalue weighted by atomic mass is 10.0. The number of nitrogens with one attached hydrogen (secondary N) is 2. The molecule has 0 aromatic heterocycles. The number of phenolic OH excluding ortho intramolecular Hbond substituents is 1. The van der Waals surface area contributed by atoms with Crippen LogP contribution in [0.15, 0.2) is 90.0 Å². The van der Waals surface area contributed by atoms with Gasteiger partial charge in [-0.1, -0.05) is 36.4 Å². The Kier molecular flexibility index (Phi) is 6.26. The molecule has 0 radical (unpaired) electrons. The molecule has 9 heteroatoms. The number of nitrogens with zero attached hydrogens (tertiary/aromatic N) is 2. The van der Waals surface area contributed by atoms with Crippen LogP contribution < -0.4 is 10.7 Å². The first-order chi connectivity index (χ1) is 16.4. The summed E-state index contributed by atoms with van der Waals surface area (Å²) in [5.74, 6) is -0.950. The zero-order valence-electron chi connectivity index (χ0n) is 17.6. The maximum absolute atomic E-state index is 12.4. The van der Waals surface area contributed by atoms with Crippen LogP contribution >= 0.6 is 0 Å². The van der Waals surface area contributed by atoms with Crippen LogP contribution in [0.3, 0.4) is 0 Å². The second kappa shape index (κ2) is 9.61. The van der Waals surface area contributed by atoms with Crippen LogP contribution in [0.1, 0.15) is 26.3 Å². The van der Waals surface area contributed by atoms with Crippen LogP contribution in [0.25, 0.3) is 10.8 Å². The number of benzene rings is 4. The topological polar surface area (TPSA) is 134 Å². The molecular formula is C25H18N4O5. The lowest BCUT2D eigenvalue weighted by molar-refractivity contribution is -0.384. The van der Waals surface area contributed by atoms with Crippen LogP contribution in [0, 0.1) is 10.1 Å². The Labute approximate surface area is 193 Å². The average molecular weight is 454 g/mol. The summed E-state index contributed by atoms with van der Waals surface area (Å²) in [6, 6.07) is 22.3. The Balaban J connectivity index is 1.41. The van der Waals surface area contributed by atoms with E-state index in [1.807, 2.05) is 24.3 Å². The van der Waals surface area contributed by atoms with Crippen molar-refractivity contribution in [1.82, 2.24) is 5.43 Å². The van der Waals surface area contributed by atoms with Crippen molar-refractivity contribution >= 4 is 40.2 Å². The SMILES string of the molecule is O=C(N/N=C/c1c(O)ccc2ccccc12)c1ccc(NC(=O)c2cccc([N+](=O)[O-])c2)cc1. The summed E-state index contributed by atoms with van der Waals surface area (Å²) in [6.07, 6.45) is 1.38. The van der Waals surface area contributed by atoms with Crippen molar-refractivity contribution < 1.29 is 19.6 Å². The van der Waals surface area contributed by atoms with Gasteiger partial charge < -0.3 is 10.4 Å². The van der Waals surface area contributed by atoms with Gasteiger partial charge >= 0.3 is 0 Å². The van der Waals surface area contributed by atoms with Gasteiger partial charge in [-0.2, -0.15) is 5.10 Å². The second-order valence-electron chi connectivity index (χ2n) is 7.26. The highest BCUT2D eigenvalue weighted by atomic mass is 16.6. The summed E-state index contributed by atoms with van der Waals surface area (Å²) in [5, 5.41) is 29.3. The number of aromatic hydroxyl groups is 1.